The lowest BCUT2D eigenvalue weighted by atomic mass is 9.68. The highest BCUT2D eigenvalue weighted by atomic mass is 16.3. The number of nitrogens with zero attached hydrogens (tertiary/aromatic N) is 2. The van der Waals surface area contributed by atoms with Crippen LogP contribution in [0, 0.1) is 17.3 Å². The summed E-state index contributed by atoms with van der Waals surface area (Å²) in [4.78, 5) is 19.6. The monoisotopic (exact) mass is 439 g/mol. The molecule has 6 nitrogen and oxygen atoms in total. The zero-order valence-electron chi connectivity index (χ0n) is 19.6. The van der Waals surface area contributed by atoms with Crippen LogP contribution in [0.4, 0.5) is 5.82 Å². The van der Waals surface area contributed by atoms with E-state index in [1.807, 2.05) is 24.3 Å². The highest BCUT2D eigenvalue weighted by molar-refractivity contribution is 5.85. The first kappa shape index (κ1) is 22.8. The molecule has 1 aliphatic carbocycles. The van der Waals surface area contributed by atoms with Gasteiger partial charge in [-0.25, -0.2) is 4.98 Å². The molecule has 4 rings (SSSR count). The molecule has 6 heteroatoms. The zero-order chi connectivity index (χ0) is 22.9. The first-order valence-electron chi connectivity index (χ1n) is 12.0. The van der Waals surface area contributed by atoms with Gasteiger partial charge < -0.3 is 20.4 Å². The molecule has 2 fully saturated rings. The maximum absolute atomic E-state index is 12.8. The summed E-state index contributed by atoms with van der Waals surface area (Å²) < 4.78 is 0. The number of phenols is 1. The Morgan fingerprint density at radius 3 is 2.47 bits per heavy atom. The van der Waals surface area contributed by atoms with E-state index in [1.54, 1.807) is 6.07 Å². The molecule has 1 aromatic heterocycles. The Labute approximate surface area is 191 Å². The number of pyridine rings is 1. The Balaban J connectivity index is 1.27. The largest absolute Gasteiger partial charge is 0.506 e. The highest BCUT2D eigenvalue weighted by Gasteiger charge is 2.38. The third-order valence-electron chi connectivity index (χ3n) is 7.61. The number of nitrogens with one attached hydrogen (secondary N) is 1. The van der Waals surface area contributed by atoms with Gasteiger partial charge in [-0.1, -0.05) is 32.9 Å². The molecular formula is C26H37N3O3. The molecule has 2 aliphatic rings. The second-order valence-corrected chi connectivity index (χ2v) is 10.9. The van der Waals surface area contributed by atoms with Crippen LogP contribution in [0.2, 0.25) is 0 Å². The predicted octanol–water partition coefficient (Wildman–Crippen LogP) is 4.24. The van der Waals surface area contributed by atoms with Crippen LogP contribution in [0.25, 0.3) is 10.9 Å². The van der Waals surface area contributed by atoms with Crippen LogP contribution in [-0.4, -0.2) is 46.3 Å². The Morgan fingerprint density at radius 2 is 1.81 bits per heavy atom. The third kappa shape index (κ3) is 5.01. The fraction of sp³-hybridized carbons (Fsp3) is 0.615. The van der Waals surface area contributed by atoms with E-state index in [2.05, 4.69) is 36.0 Å². The van der Waals surface area contributed by atoms with E-state index in [-0.39, 0.29) is 23.0 Å². The fourth-order valence-electron chi connectivity index (χ4n) is 5.26. The second kappa shape index (κ2) is 8.89. The molecule has 0 spiro atoms. The number of para-hydroxylation sites is 1. The topological polar surface area (TPSA) is 85.7 Å². The van der Waals surface area contributed by atoms with Crippen molar-refractivity contribution in [1.29, 1.82) is 0 Å². The number of phenolic OH excluding ortho intramolecular Hbond substituents is 1. The molecule has 32 heavy (non-hydrogen) atoms. The van der Waals surface area contributed by atoms with Crippen molar-refractivity contribution >= 4 is 22.6 Å². The Morgan fingerprint density at radius 1 is 1.12 bits per heavy atom. The molecule has 0 radical (unpaired) electrons. The van der Waals surface area contributed by atoms with E-state index in [0.29, 0.717) is 18.0 Å². The molecule has 0 unspecified atom stereocenters. The number of carbonyl (C=O) groups excluding carboxylic acids is 1. The van der Waals surface area contributed by atoms with E-state index in [1.165, 1.54) is 0 Å². The smallest absolute Gasteiger partial charge is 0.223 e. The Kier molecular flexibility index (Phi) is 6.35. The van der Waals surface area contributed by atoms with Crippen molar-refractivity contribution in [3.63, 3.8) is 0 Å². The van der Waals surface area contributed by atoms with Crippen LogP contribution in [0.3, 0.4) is 0 Å². The molecule has 1 aliphatic heterocycles. The number of benzene rings is 1. The fourth-order valence-corrected chi connectivity index (χ4v) is 5.26. The Bertz CT molecular complexity index is 952. The van der Waals surface area contributed by atoms with Crippen molar-refractivity contribution in [2.24, 2.45) is 17.3 Å². The molecule has 1 saturated carbocycles. The van der Waals surface area contributed by atoms with Gasteiger partial charge in [-0.05, 0) is 68.1 Å². The van der Waals surface area contributed by atoms with Crippen LogP contribution < -0.4 is 10.2 Å². The van der Waals surface area contributed by atoms with Gasteiger partial charge in [0.1, 0.15) is 17.1 Å². The summed E-state index contributed by atoms with van der Waals surface area (Å²) in [5.41, 5.74) is 0.117. The minimum absolute atomic E-state index is 0.0328. The van der Waals surface area contributed by atoms with Gasteiger partial charge in [0.25, 0.3) is 0 Å². The molecule has 0 bridgehead atoms. The van der Waals surface area contributed by atoms with E-state index in [4.69, 9.17) is 0 Å². The van der Waals surface area contributed by atoms with E-state index >= 15 is 0 Å². The number of aliphatic hydroxyl groups is 1. The van der Waals surface area contributed by atoms with Gasteiger partial charge in [0, 0.05) is 30.9 Å². The van der Waals surface area contributed by atoms with Crippen molar-refractivity contribution in [3.05, 3.63) is 30.3 Å². The molecule has 3 N–H and O–H groups in total. The number of aromatic hydroxyl groups is 1. The van der Waals surface area contributed by atoms with Gasteiger partial charge in [-0.2, -0.15) is 0 Å². The van der Waals surface area contributed by atoms with Crippen molar-refractivity contribution in [1.82, 2.24) is 10.3 Å². The number of fused-ring (bicyclic) bond motifs is 1. The lowest BCUT2D eigenvalue weighted by molar-refractivity contribution is -0.127. The van der Waals surface area contributed by atoms with Crippen LogP contribution in [0.1, 0.15) is 59.3 Å². The van der Waals surface area contributed by atoms with Crippen LogP contribution >= 0.6 is 0 Å². The van der Waals surface area contributed by atoms with Crippen LogP contribution in [0.5, 0.6) is 5.75 Å². The number of carbonyl (C=O) groups is 1. The highest BCUT2D eigenvalue weighted by Crippen LogP contribution is 2.41. The first-order chi connectivity index (χ1) is 15.1. The first-order valence-corrected chi connectivity index (χ1v) is 12.0. The molecule has 2 aromatic rings. The summed E-state index contributed by atoms with van der Waals surface area (Å²) in [7, 11) is 0. The van der Waals surface area contributed by atoms with Gasteiger partial charge in [0.2, 0.25) is 5.91 Å². The van der Waals surface area contributed by atoms with E-state index in [9.17, 15) is 15.0 Å². The maximum Gasteiger partial charge on any atom is 0.223 e. The molecule has 2 heterocycles. The predicted molar refractivity (Wildman–Crippen MR) is 128 cm³/mol. The van der Waals surface area contributed by atoms with Crippen molar-refractivity contribution in [2.45, 2.75) is 64.9 Å². The van der Waals surface area contributed by atoms with Crippen LogP contribution in [0.15, 0.2) is 30.3 Å². The molecule has 1 aromatic carbocycles. The number of hydrogen-bond donors (Lipinski definition) is 3. The van der Waals surface area contributed by atoms with Gasteiger partial charge in [-0.3, -0.25) is 4.79 Å². The third-order valence-corrected chi connectivity index (χ3v) is 7.61. The van der Waals surface area contributed by atoms with E-state index < -0.39 is 5.60 Å². The summed E-state index contributed by atoms with van der Waals surface area (Å²) in [6.07, 6.45) is 5.07. The molecule has 1 amide bonds. The molecule has 174 valence electrons. The molecule has 1 saturated heterocycles. The summed E-state index contributed by atoms with van der Waals surface area (Å²) >= 11 is 0. The van der Waals surface area contributed by atoms with Gasteiger partial charge in [0.15, 0.2) is 0 Å². The minimum Gasteiger partial charge on any atom is -0.506 e. The lowest BCUT2D eigenvalue weighted by Gasteiger charge is -2.41. The molecular weight excluding hydrogens is 402 g/mol. The average molecular weight is 440 g/mol. The number of rotatable bonds is 4. The Hall–Kier alpha value is -2.34. The van der Waals surface area contributed by atoms with Gasteiger partial charge in [0.05, 0.1) is 5.60 Å². The summed E-state index contributed by atoms with van der Waals surface area (Å²) in [5, 5.41) is 25.0. The normalized spacial score (nSPS) is 25.1. The number of anilines is 1. The molecule has 0 atom stereocenters. The summed E-state index contributed by atoms with van der Waals surface area (Å²) in [5.74, 6) is 1.68. The second-order valence-electron chi connectivity index (χ2n) is 10.9. The average Bonchev–Trinajstić information content (AvgIpc) is 2.77. The number of hydrogen-bond acceptors (Lipinski definition) is 5. The van der Waals surface area contributed by atoms with Gasteiger partial charge in [-0.15, -0.1) is 0 Å². The quantitative estimate of drug-likeness (QED) is 0.663. The van der Waals surface area contributed by atoms with Crippen LogP contribution in [-0.2, 0) is 4.79 Å². The standard InChI is InChI=1S/C26H37N3O3/c1-25(2,3)20-9-13-26(32,14-10-20)17-27-24(31)19-11-15-29(16-12-19)22-8-7-18-5-4-6-21(30)23(18)28-22/h4-8,19-20,30,32H,9-17H2,1-3H3,(H,27,31). The summed E-state index contributed by atoms with van der Waals surface area (Å²) in [6, 6.07) is 9.36. The maximum atomic E-state index is 12.8. The number of piperidine rings is 1. The van der Waals surface area contributed by atoms with Crippen molar-refractivity contribution < 1.29 is 15.0 Å². The summed E-state index contributed by atoms with van der Waals surface area (Å²) in [6.45, 7) is 8.67. The zero-order valence-corrected chi connectivity index (χ0v) is 19.6. The lowest BCUT2D eigenvalue weighted by Crippen LogP contribution is -2.49. The van der Waals surface area contributed by atoms with E-state index in [0.717, 1.165) is 62.8 Å². The SMILES string of the molecule is CC(C)(C)C1CCC(O)(CNC(=O)C2CCN(c3ccc4cccc(O)c4n3)CC2)CC1. The van der Waals surface area contributed by atoms with Gasteiger partial charge >= 0.3 is 0 Å². The number of amides is 1. The van der Waals surface area contributed by atoms with Crippen molar-refractivity contribution in [3.8, 4) is 5.75 Å². The minimum atomic E-state index is -0.769. The number of aromatic nitrogens is 1. The van der Waals surface area contributed by atoms with Crippen molar-refractivity contribution in [2.75, 3.05) is 24.5 Å².